The first-order valence-corrected chi connectivity index (χ1v) is 8.93. The second kappa shape index (κ2) is 8.27. The van der Waals surface area contributed by atoms with Crippen LogP contribution in [0.3, 0.4) is 0 Å². The number of benzene rings is 1. The number of hydrogen-bond donors (Lipinski definition) is 2. The summed E-state index contributed by atoms with van der Waals surface area (Å²) in [6.45, 7) is 5.52. The van der Waals surface area contributed by atoms with E-state index in [-0.39, 0.29) is 18.0 Å². The molecule has 138 valence electrons. The Hall–Kier alpha value is -2.48. The predicted molar refractivity (Wildman–Crippen MR) is 107 cm³/mol. The van der Waals surface area contributed by atoms with Crippen molar-refractivity contribution < 1.29 is 4.79 Å². The number of amidine groups is 1. The number of aromatic nitrogens is 2. The zero-order valence-corrected chi connectivity index (χ0v) is 16.8. The molecular weight excluding hydrogens is 398 g/mol. The first kappa shape index (κ1) is 19.8. The zero-order chi connectivity index (χ0) is 19.4. The maximum absolute atomic E-state index is 12.7. The molecule has 1 amide bonds. The molecule has 1 heterocycles. The average Bonchev–Trinajstić information content (AvgIpc) is 2.60. The summed E-state index contributed by atoms with van der Waals surface area (Å²) >= 11 is 3.43. The van der Waals surface area contributed by atoms with Crippen LogP contribution in [0.25, 0.3) is 10.8 Å². The van der Waals surface area contributed by atoms with Crippen LogP contribution in [-0.2, 0) is 11.3 Å². The highest BCUT2D eigenvalue weighted by atomic mass is 79.9. The van der Waals surface area contributed by atoms with Gasteiger partial charge in [-0.2, -0.15) is 5.10 Å². The maximum atomic E-state index is 12.7. The molecule has 0 saturated carbocycles. The van der Waals surface area contributed by atoms with E-state index in [1.54, 1.807) is 26.1 Å². The minimum Gasteiger partial charge on any atom is -0.404 e. The largest absolute Gasteiger partial charge is 0.404 e. The first-order valence-electron chi connectivity index (χ1n) is 8.14. The topological polar surface area (TPSA) is 102 Å². The molecule has 7 nitrogen and oxygen atoms in total. The Kier molecular flexibility index (Phi) is 6.31. The molecule has 1 aromatic heterocycles. The minimum absolute atomic E-state index is 0.0943. The Morgan fingerprint density at radius 2 is 2.12 bits per heavy atom. The van der Waals surface area contributed by atoms with Crippen molar-refractivity contribution in [3.05, 3.63) is 50.5 Å². The predicted octanol–water partition coefficient (Wildman–Crippen LogP) is 2.29. The third kappa shape index (κ3) is 4.19. The van der Waals surface area contributed by atoms with Crippen LogP contribution >= 0.6 is 15.9 Å². The van der Waals surface area contributed by atoms with Gasteiger partial charge in [0.05, 0.1) is 11.1 Å². The molecule has 0 radical (unpaired) electrons. The van der Waals surface area contributed by atoms with E-state index < -0.39 is 5.91 Å². The van der Waals surface area contributed by atoms with Crippen LogP contribution in [0.2, 0.25) is 0 Å². The van der Waals surface area contributed by atoms with Crippen molar-refractivity contribution in [2.45, 2.75) is 33.2 Å². The van der Waals surface area contributed by atoms with Gasteiger partial charge in [-0.05, 0) is 31.0 Å². The van der Waals surface area contributed by atoms with Crippen LogP contribution in [0.15, 0.2) is 44.2 Å². The summed E-state index contributed by atoms with van der Waals surface area (Å²) in [6, 6.07) is 5.42. The van der Waals surface area contributed by atoms with Gasteiger partial charge in [0, 0.05) is 28.7 Å². The summed E-state index contributed by atoms with van der Waals surface area (Å²) in [5.41, 5.74) is 6.54. The SMILES string of the molecule is CN=C(NC(=O)Cn1nc(C(C)C)c2cc(Br)ccc2c1=O)/C(C)=C\N. The summed E-state index contributed by atoms with van der Waals surface area (Å²) in [6.07, 6.45) is 1.36. The van der Waals surface area contributed by atoms with Crippen LogP contribution in [-0.4, -0.2) is 28.6 Å². The normalized spacial score (nSPS) is 12.7. The van der Waals surface area contributed by atoms with Crippen LogP contribution in [0.5, 0.6) is 0 Å². The minimum atomic E-state index is -0.396. The van der Waals surface area contributed by atoms with Crippen molar-refractivity contribution in [3.63, 3.8) is 0 Å². The number of carbonyl (C=O) groups is 1. The molecule has 0 spiro atoms. The van der Waals surface area contributed by atoms with E-state index in [9.17, 15) is 9.59 Å². The molecule has 0 bridgehead atoms. The van der Waals surface area contributed by atoms with Crippen LogP contribution in [0.4, 0.5) is 0 Å². The van der Waals surface area contributed by atoms with Gasteiger partial charge in [0.15, 0.2) is 0 Å². The number of halogens is 1. The Bertz CT molecular complexity index is 960. The molecule has 0 aliphatic carbocycles. The van der Waals surface area contributed by atoms with Crippen molar-refractivity contribution in [2.75, 3.05) is 7.05 Å². The quantitative estimate of drug-likeness (QED) is 0.585. The molecule has 0 unspecified atom stereocenters. The van der Waals surface area contributed by atoms with Crippen LogP contribution < -0.4 is 16.6 Å². The number of nitrogens with one attached hydrogen (secondary N) is 1. The summed E-state index contributed by atoms with van der Waals surface area (Å²) in [4.78, 5) is 29.1. The summed E-state index contributed by atoms with van der Waals surface area (Å²) in [5.74, 6) is 0.0591. The zero-order valence-electron chi connectivity index (χ0n) is 15.2. The van der Waals surface area contributed by atoms with Gasteiger partial charge >= 0.3 is 0 Å². The van der Waals surface area contributed by atoms with Crippen molar-refractivity contribution in [3.8, 4) is 0 Å². The number of fused-ring (bicyclic) bond motifs is 1. The lowest BCUT2D eigenvalue weighted by molar-refractivity contribution is -0.120. The van der Waals surface area contributed by atoms with E-state index in [4.69, 9.17) is 5.73 Å². The molecule has 0 aliphatic heterocycles. The molecule has 2 rings (SSSR count). The fourth-order valence-electron chi connectivity index (χ4n) is 2.53. The lowest BCUT2D eigenvalue weighted by atomic mass is 10.0. The van der Waals surface area contributed by atoms with Crippen LogP contribution in [0, 0.1) is 0 Å². The number of nitrogens with zero attached hydrogens (tertiary/aromatic N) is 3. The average molecular weight is 420 g/mol. The highest BCUT2D eigenvalue weighted by Crippen LogP contribution is 2.24. The monoisotopic (exact) mass is 419 g/mol. The third-order valence-corrected chi connectivity index (χ3v) is 4.39. The second-order valence-corrected chi connectivity index (χ2v) is 7.08. The van der Waals surface area contributed by atoms with Gasteiger partial charge in [0.1, 0.15) is 12.4 Å². The van der Waals surface area contributed by atoms with Crippen molar-refractivity contribution in [1.82, 2.24) is 15.1 Å². The second-order valence-electron chi connectivity index (χ2n) is 6.16. The fraction of sp³-hybridized carbons (Fsp3) is 0.333. The maximum Gasteiger partial charge on any atom is 0.275 e. The summed E-state index contributed by atoms with van der Waals surface area (Å²) < 4.78 is 2.06. The van der Waals surface area contributed by atoms with Gasteiger partial charge in [0.2, 0.25) is 5.91 Å². The summed E-state index contributed by atoms with van der Waals surface area (Å²) in [5, 5.41) is 8.39. The number of amides is 1. The van der Waals surface area contributed by atoms with Gasteiger partial charge < -0.3 is 11.1 Å². The number of aliphatic imine (C=N–C) groups is 1. The molecule has 26 heavy (non-hydrogen) atoms. The van der Waals surface area contributed by atoms with Gasteiger partial charge in [-0.15, -0.1) is 0 Å². The third-order valence-electron chi connectivity index (χ3n) is 3.90. The number of nitrogens with two attached hydrogens (primary N) is 1. The van der Waals surface area contributed by atoms with E-state index in [1.165, 1.54) is 10.9 Å². The summed E-state index contributed by atoms with van der Waals surface area (Å²) in [7, 11) is 1.55. The van der Waals surface area contributed by atoms with Gasteiger partial charge in [0.25, 0.3) is 5.56 Å². The number of carbonyl (C=O) groups excluding carboxylic acids is 1. The number of hydrogen-bond acceptors (Lipinski definition) is 5. The first-order chi connectivity index (χ1) is 12.3. The van der Waals surface area contributed by atoms with E-state index in [0.717, 1.165) is 15.6 Å². The molecule has 2 aromatic rings. The number of rotatable bonds is 4. The standard InChI is InChI=1S/C18H22BrN5O2/c1-10(2)16-14-7-12(19)5-6-13(14)18(26)24(23-16)9-15(25)22-17(21-4)11(3)8-20/h5-8,10H,9,20H2,1-4H3,(H,21,22,25)/b11-8-. The lowest BCUT2D eigenvalue weighted by Crippen LogP contribution is -2.38. The molecule has 0 saturated heterocycles. The molecule has 0 aliphatic rings. The smallest absolute Gasteiger partial charge is 0.275 e. The molecule has 1 aromatic carbocycles. The van der Waals surface area contributed by atoms with E-state index in [1.807, 2.05) is 19.9 Å². The van der Waals surface area contributed by atoms with Crippen molar-refractivity contribution >= 4 is 38.4 Å². The van der Waals surface area contributed by atoms with Crippen molar-refractivity contribution in [1.29, 1.82) is 0 Å². The Morgan fingerprint density at radius 1 is 1.42 bits per heavy atom. The molecule has 3 N–H and O–H groups in total. The van der Waals surface area contributed by atoms with Gasteiger partial charge in [-0.25, -0.2) is 4.68 Å². The van der Waals surface area contributed by atoms with Crippen molar-refractivity contribution in [2.24, 2.45) is 10.7 Å². The van der Waals surface area contributed by atoms with E-state index >= 15 is 0 Å². The Balaban J connectivity index is 2.44. The molecular formula is C18H22BrN5O2. The lowest BCUT2D eigenvalue weighted by Gasteiger charge is -2.14. The highest BCUT2D eigenvalue weighted by molar-refractivity contribution is 9.10. The molecule has 8 heteroatoms. The Morgan fingerprint density at radius 3 is 2.69 bits per heavy atom. The highest BCUT2D eigenvalue weighted by Gasteiger charge is 2.16. The Labute approximate surface area is 160 Å². The van der Waals surface area contributed by atoms with Gasteiger partial charge in [-0.3, -0.25) is 14.6 Å². The van der Waals surface area contributed by atoms with E-state index in [0.29, 0.717) is 16.8 Å². The fourth-order valence-corrected chi connectivity index (χ4v) is 2.90. The van der Waals surface area contributed by atoms with Gasteiger partial charge in [-0.1, -0.05) is 29.8 Å². The molecule has 0 atom stereocenters. The van der Waals surface area contributed by atoms with Crippen LogP contribution in [0.1, 0.15) is 32.4 Å². The molecule has 0 fully saturated rings. The van der Waals surface area contributed by atoms with E-state index in [2.05, 4.69) is 31.3 Å².